The van der Waals surface area contributed by atoms with E-state index in [1.165, 1.54) is 18.4 Å². The quantitative estimate of drug-likeness (QED) is 0.615. The van der Waals surface area contributed by atoms with Crippen LogP contribution in [0.15, 0.2) is 53.4 Å². The highest BCUT2D eigenvalue weighted by atomic mass is 19.1. The van der Waals surface area contributed by atoms with Crippen molar-refractivity contribution in [3.63, 3.8) is 0 Å². The third-order valence-corrected chi connectivity index (χ3v) is 5.38. The molecule has 3 aromatic rings. The molecule has 0 radical (unpaired) electrons. The topological polar surface area (TPSA) is 77.2 Å². The van der Waals surface area contributed by atoms with E-state index in [0.717, 1.165) is 30.2 Å². The summed E-state index contributed by atoms with van der Waals surface area (Å²) >= 11 is 0. The van der Waals surface area contributed by atoms with Gasteiger partial charge in [-0.3, -0.25) is 4.79 Å². The molecule has 2 aromatic heterocycles. The number of hydrogen-bond acceptors (Lipinski definition) is 6. The Morgan fingerprint density at radius 1 is 1.27 bits per heavy atom. The Balaban J connectivity index is 1.54. The van der Waals surface area contributed by atoms with Gasteiger partial charge in [0, 0.05) is 29.2 Å². The summed E-state index contributed by atoms with van der Waals surface area (Å²) in [6.07, 6.45) is 6.02. The number of pyridine rings is 1. The highest BCUT2D eigenvalue weighted by Gasteiger charge is 2.34. The van der Waals surface area contributed by atoms with Crippen molar-refractivity contribution in [3.8, 4) is 17.3 Å². The molecule has 6 nitrogen and oxygen atoms in total. The lowest BCUT2D eigenvalue weighted by molar-refractivity contribution is 0.0803. The van der Waals surface area contributed by atoms with Gasteiger partial charge < -0.3 is 14.5 Å². The van der Waals surface area contributed by atoms with E-state index < -0.39 is 5.82 Å². The number of carbonyl (C=O) groups is 1. The van der Waals surface area contributed by atoms with Gasteiger partial charge in [-0.2, -0.15) is 0 Å². The van der Waals surface area contributed by atoms with E-state index in [9.17, 15) is 9.18 Å². The fourth-order valence-corrected chi connectivity index (χ4v) is 3.86. The number of ketones is 1. The number of aryl methyl sites for hydroxylation is 1. The lowest BCUT2D eigenvalue weighted by Crippen LogP contribution is -2.52. The molecular formula is C23H24FN3O3. The molecule has 1 unspecified atom stereocenters. The zero-order chi connectivity index (χ0) is 21.1. The number of carbonyl (C=O) groups excluding carboxylic acids is 1. The van der Waals surface area contributed by atoms with Crippen molar-refractivity contribution in [2.75, 3.05) is 6.61 Å². The summed E-state index contributed by atoms with van der Waals surface area (Å²) < 4.78 is 24.2. The smallest absolute Gasteiger partial charge is 0.225 e. The van der Waals surface area contributed by atoms with Gasteiger partial charge >= 0.3 is 0 Å². The normalized spacial score (nSPS) is 21.4. The number of hydrogen-bond donors (Lipinski definition) is 1. The summed E-state index contributed by atoms with van der Waals surface area (Å²) in [4.78, 5) is 21.6. The van der Waals surface area contributed by atoms with Gasteiger partial charge in [0.2, 0.25) is 11.8 Å². The molecule has 1 aliphatic heterocycles. The Morgan fingerprint density at radius 2 is 2.13 bits per heavy atom. The average molecular weight is 409 g/mol. The summed E-state index contributed by atoms with van der Waals surface area (Å²) in [6, 6.07) is 8.30. The molecule has 1 saturated heterocycles. The molecule has 156 valence electrons. The van der Waals surface area contributed by atoms with Gasteiger partial charge in [0.15, 0.2) is 5.78 Å². The number of benzene rings is 1. The number of Topliss-reactive ketones (excluding diaryl/α,β-unsaturated/α-hetero) is 1. The van der Waals surface area contributed by atoms with Crippen molar-refractivity contribution in [2.24, 2.45) is 5.92 Å². The zero-order valence-corrected chi connectivity index (χ0v) is 17.0. The standard InChI is InChI=1S/C23H24FN3O3/c1-14-9-17(11-18(10-14)23-25-7-8-29-23)22(28)21-16(4-3-15(2)27-21)13-30-20-6-5-19(24)12-26-20/h5-12,15-16,21,27H,3-4,13H2,1-2H3/t15-,16+,21?/m1/s1. The van der Waals surface area contributed by atoms with Gasteiger partial charge in [0.25, 0.3) is 0 Å². The lowest BCUT2D eigenvalue weighted by Gasteiger charge is -2.35. The molecule has 7 heteroatoms. The SMILES string of the molecule is Cc1cc(C(=O)C2N[C@H](C)CC[C@H]2COc2ccc(F)cn2)cc(-c2ncco2)c1. The largest absolute Gasteiger partial charge is 0.477 e. The van der Waals surface area contributed by atoms with Crippen LogP contribution in [0.25, 0.3) is 11.5 Å². The first-order chi connectivity index (χ1) is 14.5. The van der Waals surface area contributed by atoms with E-state index in [4.69, 9.17) is 9.15 Å². The Morgan fingerprint density at radius 3 is 2.87 bits per heavy atom. The number of aromatic nitrogens is 2. The first kappa shape index (κ1) is 20.2. The van der Waals surface area contributed by atoms with E-state index in [0.29, 0.717) is 23.9 Å². The number of rotatable bonds is 6. The number of nitrogens with zero attached hydrogens (tertiary/aromatic N) is 2. The van der Waals surface area contributed by atoms with Gasteiger partial charge in [-0.05, 0) is 56.5 Å². The molecule has 4 rings (SSSR count). The third kappa shape index (κ3) is 4.57. The second kappa shape index (κ2) is 8.75. The first-order valence-electron chi connectivity index (χ1n) is 10.1. The van der Waals surface area contributed by atoms with E-state index in [2.05, 4.69) is 22.2 Å². The van der Waals surface area contributed by atoms with Crippen LogP contribution >= 0.6 is 0 Å². The molecule has 3 atom stereocenters. The minimum Gasteiger partial charge on any atom is -0.477 e. The summed E-state index contributed by atoms with van der Waals surface area (Å²) in [7, 11) is 0. The summed E-state index contributed by atoms with van der Waals surface area (Å²) in [5, 5.41) is 3.43. The molecule has 1 aliphatic rings. The highest BCUT2D eigenvalue weighted by Crippen LogP contribution is 2.27. The van der Waals surface area contributed by atoms with Crippen LogP contribution in [0.2, 0.25) is 0 Å². The number of oxazole rings is 1. The Bertz CT molecular complexity index is 1010. The van der Waals surface area contributed by atoms with Gasteiger partial charge in [-0.15, -0.1) is 0 Å². The Hall–Kier alpha value is -3.06. The first-order valence-corrected chi connectivity index (χ1v) is 10.1. The molecular weight excluding hydrogens is 385 g/mol. The summed E-state index contributed by atoms with van der Waals surface area (Å²) in [6.45, 7) is 4.35. The van der Waals surface area contributed by atoms with Crippen molar-refractivity contribution >= 4 is 5.78 Å². The maximum absolute atomic E-state index is 13.5. The van der Waals surface area contributed by atoms with Crippen LogP contribution < -0.4 is 10.1 Å². The fourth-order valence-electron chi connectivity index (χ4n) is 3.86. The van der Waals surface area contributed by atoms with Crippen LogP contribution in [0.4, 0.5) is 4.39 Å². The van der Waals surface area contributed by atoms with Gasteiger partial charge in [0.05, 0.1) is 25.0 Å². The van der Waals surface area contributed by atoms with Crippen LogP contribution in [-0.4, -0.2) is 34.4 Å². The van der Waals surface area contributed by atoms with Gasteiger partial charge in [0.1, 0.15) is 12.1 Å². The number of halogens is 1. The van der Waals surface area contributed by atoms with Crippen molar-refractivity contribution in [3.05, 3.63) is 65.9 Å². The molecule has 0 aliphatic carbocycles. The molecule has 0 amide bonds. The van der Waals surface area contributed by atoms with E-state index in [-0.39, 0.29) is 23.8 Å². The highest BCUT2D eigenvalue weighted by molar-refractivity contribution is 6.01. The molecule has 1 N–H and O–H groups in total. The molecule has 3 heterocycles. The van der Waals surface area contributed by atoms with Crippen LogP contribution in [0.5, 0.6) is 5.88 Å². The van der Waals surface area contributed by atoms with Crippen molar-refractivity contribution in [1.82, 2.24) is 15.3 Å². The van der Waals surface area contributed by atoms with Crippen LogP contribution in [0.1, 0.15) is 35.7 Å². The predicted octanol–water partition coefficient (Wildman–Crippen LogP) is 4.20. The lowest BCUT2D eigenvalue weighted by atomic mass is 9.83. The zero-order valence-electron chi connectivity index (χ0n) is 17.0. The van der Waals surface area contributed by atoms with E-state index in [1.54, 1.807) is 6.20 Å². The maximum Gasteiger partial charge on any atom is 0.225 e. The average Bonchev–Trinajstić information content (AvgIpc) is 3.28. The molecule has 0 saturated carbocycles. The molecule has 30 heavy (non-hydrogen) atoms. The predicted molar refractivity (Wildman–Crippen MR) is 110 cm³/mol. The minimum absolute atomic E-state index is 0.0127. The monoisotopic (exact) mass is 409 g/mol. The van der Waals surface area contributed by atoms with E-state index >= 15 is 0 Å². The Kier molecular flexibility index (Phi) is 5.90. The molecule has 0 spiro atoms. The molecule has 0 bridgehead atoms. The fraction of sp³-hybridized carbons (Fsp3) is 0.348. The van der Waals surface area contributed by atoms with Gasteiger partial charge in [-0.25, -0.2) is 14.4 Å². The number of nitrogens with one attached hydrogen (secondary N) is 1. The van der Waals surface area contributed by atoms with Crippen molar-refractivity contribution in [1.29, 1.82) is 0 Å². The maximum atomic E-state index is 13.5. The van der Waals surface area contributed by atoms with Crippen LogP contribution in [0.3, 0.4) is 0 Å². The van der Waals surface area contributed by atoms with Gasteiger partial charge in [-0.1, -0.05) is 0 Å². The molecule has 1 fully saturated rings. The number of ether oxygens (including phenoxy) is 1. The van der Waals surface area contributed by atoms with Crippen molar-refractivity contribution in [2.45, 2.75) is 38.8 Å². The minimum atomic E-state index is -0.412. The van der Waals surface area contributed by atoms with Crippen LogP contribution in [-0.2, 0) is 0 Å². The Labute approximate surface area is 174 Å². The summed E-state index contributed by atoms with van der Waals surface area (Å²) in [5.74, 6) is 0.415. The van der Waals surface area contributed by atoms with Crippen molar-refractivity contribution < 1.29 is 18.3 Å². The second-order valence-electron chi connectivity index (χ2n) is 7.80. The number of piperidine rings is 1. The summed E-state index contributed by atoms with van der Waals surface area (Å²) in [5.41, 5.74) is 2.34. The van der Waals surface area contributed by atoms with E-state index in [1.807, 2.05) is 25.1 Å². The third-order valence-electron chi connectivity index (χ3n) is 5.38. The second-order valence-corrected chi connectivity index (χ2v) is 7.80. The molecule has 1 aromatic carbocycles. The van der Waals surface area contributed by atoms with Crippen LogP contribution in [0, 0.1) is 18.7 Å².